The van der Waals surface area contributed by atoms with Gasteiger partial charge in [0.25, 0.3) is 0 Å². The van der Waals surface area contributed by atoms with Gasteiger partial charge in [-0.1, -0.05) is 20.8 Å². The first kappa shape index (κ1) is 22.2. The normalized spacial score (nSPS) is 16.3. The lowest BCUT2D eigenvalue weighted by Crippen LogP contribution is -2.36. The highest BCUT2D eigenvalue weighted by molar-refractivity contribution is 5.91. The van der Waals surface area contributed by atoms with Crippen LogP contribution in [0.2, 0.25) is 0 Å². The number of benzene rings is 1. The minimum atomic E-state index is 0.0133. The van der Waals surface area contributed by atoms with E-state index in [9.17, 15) is 9.59 Å². The summed E-state index contributed by atoms with van der Waals surface area (Å²) in [6, 6.07) is 5.91. The Balaban J connectivity index is 2.21. The molecule has 1 heterocycles. The zero-order valence-corrected chi connectivity index (χ0v) is 18.0. The fraction of sp³-hybridized carbons (Fsp3) is 0.636. The van der Waals surface area contributed by atoms with E-state index in [0.29, 0.717) is 31.8 Å². The average Bonchev–Trinajstić information content (AvgIpc) is 3.12. The number of amides is 2. The zero-order chi connectivity index (χ0) is 20.7. The molecule has 2 amide bonds. The third-order valence-corrected chi connectivity index (χ3v) is 4.90. The van der Waals surface area contributed by atoms with E-state index in [4.69, 9.17) is 4.74 Å². The molecule has 1 aliphatic rings. The van der Waals surface area contributed by atoms with Gasteiger partial charge in [-0.3, -0.25) is 9.59 Å². The molecule has 156 valence electrons. The maximum absolute atomic E-state index is 12.6. The first-order valence-corrected chi connectivity index (χ1v) is 10.3. The van der Waals surface area contributed by atoms with Crippen LogP contribution >= 0.6 is 0 Å². The summed E-state index contributed by atoms with van der Waals surface area (Å²) in [6.07, 6.45) is 3.13. The van der Waals surface area contributed by atoms with Gasteiger partial charge in [0.1, 0.15) is 0 Å². The molecular formula is C22H35N3O3. The molecule has 1 aromatic rings. The van der Waals surface area contributed by atoms with E-state index in [1.807, 2.05) is 62.9 Å². The van der Waals surface area contributed by atoms with E-state index in [1.54, 1.807) is 0 Å². The van der Waals surface area contributed by atoms with Crippen molar-refractivity contribution < 1.29 is 14.3 Å². The van der Waals surface area contributed by atoms with Gasteiger partial charge in [0.15, 0.2) is 0 Å². The Morgan fingerprint density at radius 2 is 2.04 bits per heavy atom. The first-order valence-electron chi connectivity index (χ1n) is 10.3. The predicted octanol–water partition coefficient (Wildman–Crippen LogP) is 3.65. The lowest BCUT2D eigenvalue weighted by Gasteiger charge is -2.28. The summed E-state index contributed by atoms with van der Waals surface area (Å²) in [7, 11) is 3.98. The number of ether oxygens (including phenoxy) is 1. The van der Waals surface area contributed by atoms with E-state index in [0.717, 1.165) is 36.4 Å². The molecule has 28 heavy (non-hydrogen) atoms. The maximum atomic E-state index is 12.6. The molecule has 0 aromatic heterocycles. The molecule has 0 aliphatic carbocycles. The second-order valence-electron chi connectivity index (χ2n) is 8.15. The van der Waals surface area contributed by atoms with Crippen molar-refractivity contribution >= 4 is 23.2 Å². The summed E-state index contributed by atoms with van der Waals surface area (Å²) >= 11 is 0. The summed E-state index contributed by atoms with van der Waals surface area (Å²) in [5.74, 6) is 0.443. The van der Waals surface area contributed by atoms with Crippen LogP contribution in [0.25, 0.3) is 0 Å². The van der Waals surface area contributed by atoms with Gasteiger partial charge in [0.05, 0.1) is 6.10 Å². The molecule has 0 spiro atoms. The monoisotopic (exact) mass is 389 g/mol. The molecule has 1 aliphatic heterocycles. The van der Waals surface area contributed by atoms with Crippen LogP contribution in [0.15, 0.2) is 18.2 Å². The van der Waals surface area contributed by atoms with E-state index < -0.39 is 0 Å². The third-order valence-electron chi connectivity index (χ3n) is 4.90. The van der Waals surface area contributed by atoms with Gasteiger partial charge >= 0.3 is 0 Å². The Morgan fingerprint density at radius 1 is 1.29 bits per heavy atom. The molecule has 1 atom stereocenters. The molecule has 1 N–H and O–H groups in total. The number of rotatable bonds is 9. The van der Waals surface area contributed by atoms with Crippen LogP contribution in [0.3, 0.4) is 0 Å². The summed E-state index contributed by atoms with van der Waals surface area (Å²) in [6.45, 7) is 7.84. The fourth-order valence-corrected chi connectivity index (χ4v) is 3.53. The van der Waals surface area contributed by atoms with Crippen LogP contribution in [0, 0.1) is 5.92 Å². The Bertz CT molecular complexity index is 667. The highest BCUT2D eigenvalue weighted by Gasteiger charge is 2.23. The van der Waals surface area contributed by atoms with Crippen molar-refractivity contribution in [2.45, 2.75) is 59.1 Å². The van der Waals surface area contributed by atoms with Gasteiger partial charge in [-0.15, -0.1) is 0 Å². The van der Waals surface area contributed by atoms with Crippen LogP contribution in [0.1, 0.15) is 52.0 Å². The van der Waals surface area contributed by atoms with Gasteiger partial charge < -0.3 is 19.9 Å². The number of nitrogens with zero attached hydrogens (tertiary/aromatic N) is 2. The maximum Gasteiger partial charge on any atom is 0.224 e. The van der Waals surface area contributed by atoms with Crippen LogP contribution in [0.4, 0.5) is 11.4 Å². The summed E-state index contributed by atoms with van der Waals surface area (Å²) in [5, 5.41) is 2.98. The van der Waals surface area contributed by atoms with Crippen molar-refractivity contribution in [1.82, 2.24) is 4.90 Å². The highest BCUT2D eigenvalue weighted by atomic mass is 16.5. The number of anilines is 2. The molecule has 0 radical (unpaired) electrons. The summed E-state index contributed by atoms with van der Waals surface area (Å²) in [4.78, 5) is 28.6. The molecule has 1 fully saturated rings. The number of carbonyl (C=O) groups excluding carboxylic acids is 2. The van der Waals surface area contributed by atoms with Gasteiger partial charge in [-0.05, 0) is 42.5 Å². The Labute approximate surface area is 169 Å². The van der Waals surface area contributed by atoms with Crippen molar-refractivity contribution in [2.75, 3.05) is 37.5 Å². The molecule has 6 nitrogen and oxygen atoms in total. The Morgan fingerprint density at radius 3 is 2.61 bits per heavy atom. The van der Waals surface area contributed by atoms with Crippen molar-refractivity contribution in [2.24, 2.45) is 5.92 Å². The van der Waals surface area contributed by atoms with Crippen LogP contribution in [0.5, 0.6) is 0 Å². The summed E-state index contributed by atoms with van der Waals surface area (Å²) < 4.78 is 5.75. The van der Waals surface area contributed by atoms with Gasteiger partial charge in [-0.25, -0.2) is 0 Å². The van der Waals surface area contributed by atoms with Crippen molar-refractivity contribution in [3.63, 3.8) is 0 Å². The summed E-state index contributed by atoms with van der Waals surface area (Å²) in [5.41, 5.74) is 2.84. The molecule has 1 aromatic carbocycles. The molecule has 1 saturated heterocycles. The SMILES string of the molecule is CCC(=O)N(Cc1cc(NC(=O)CC(C)C)ccc1N(C)C)CC1CCCO1. The third kappa shape index (κ3) is 6.51. The predicted molar refractivity (Wildman–Crippen MR) is 114 cm³/mol. The number of nitrogens with one attached hydrogen (secondary N) is 1. The van der Waals surface area contributed by atoms with E-state index in [1.165, 1.54) is 0 Å². The highest BCUT2D eigenvalue weighted by Crippen LogP contribution is 2.26. The zero-order valence-electron chi connectivity index (χ0n) is 18.0. The molecule has 1 unspecified atom stereocenters. The first-order chi connectivity index (χ1) is 13.3. The largest absolute Gasteiger partial charge is 0.377 e. The second kappa shape index (κ2) is 10.5. The quantitative estimate of drug-likeness (QED) is 0.700. The number of carbonyl (C=O) groups is 2. The van der Waals surface area contributed by atoms with Crippen LogP contribution in [-0.4, -0.2) is 50.1 Å². The topological polar surface area (TPSA) is 61.9 Å². The van der Waals surface area contributed by atoms with Crippen LogP contribution < -0.4 is 10.2 Å². The molecular weight excluding hydrogens is 354 g/mol. The minimum Gasteiger partial charge on any atom is -0.377 e. The van der Waals surface area contributed by atoms with Gasteiger partial charge in [0.2, 0.25) is 11.8 Å². The average molecular weight is 390 g/mol. The van der Waals surface area contributed by atoms with Crippen molar-refractivity contribution in [1.29, 1.82) is 0 Å². The Hall–Kier alpha value is -2.08. The van der Waals surface area contributed by atoms with E-state index in [-0.39, 0.29) is 17.9 Å². The molecule has 0 bridgehead atoms. The van der Waals surface area contributed by atoms with Crippen molar-refractivity contribution in [3.8, 4) is 0 Å². The van der Waals surface area contributed by atoms with Crippen LogP contribution in [-0.2, 0) is 20.9 Å². The minimum absolute atomic E-state index is 0.0133. The van der Waals surface area contributed by atoms with Gasteiger partial charge in [-0.2, -0.15) is 0 Å². The Kier molecular flexibility index (Phi) is 8.30. The van der Waals surface area contributed by atoms with Crippen molar-refractivity contribution in [3.05, 3.63) is 23.8 Å². The lowest BCUT2D eigenvalue weighted by atomic mass is 10.1. The number of hydrogen-bond donors (Lipinski definition) is 1. The number of hydrogen-bond acceptors (Lipinski definition) is 4. The second-order valence-corrected chi connectivity index (χ2v) is 8.15. The van der Waals surface area contributed by atoms with Gasteiger partial charge in [0, 0.05) is 58.0 Å². The fourth-order valence-electron chi connectivity index (χ4n) is 3.53. The molecule has 6 heteroatoms. The van der Waals surface area contributed by atoms with E-state index >= 15 is 0 Å². The van der Waals surface area contributed by atoms with E-state index in [2.05, 4.69) is 5.32 Å². The smallest absolute Gasteiger partial charge is 0.224 e. The molecule has 2 rings (SSSR count). The standard InChI is InChI=1S/C22H35N3O3/c1-6-22(27)25(15-19-8-7-11-28-19)14-17-13-18(9-10-20(17)24(4)5)23-21(26)12-16(2)3/h9-10,13,16,19H,6-8,11-12,14-15H2,1-5H3,(H,23,26). The molecule has 0 saturated carbocycles. The lowest BCUT2D eigenvalue weighted by molar-refractivity contribution is -0.133.